The number of nitrogens with zero attached hydrogens (tertiary/aromatic N) is 1. The zero-order valence-electron chi connectivity index (χ0n) is 10.8. The van der Waals surface area contributed by atoms with Crippen LogP contribution >= 0.6 is 0 Å². The van der Waals surface area contributed by atoms with Crippen molar-refractivity contribution in [2.75, 3.05) is 32.8 Å². The van der Waals surface area contributed by atoms with E-state index in [1.165, 1.54) is 25.9 Å². The lowest BCUT2D eigenvalue weighted by Gasteiger charge is -2.32. The van der Waals surface area contributed by atoms with Crippen molar-refractivity contribution >= 4 is 0 Å². The van der Waals surface area contributed by atoms with Gasteiger partial charge in [0.05, 0.1) is 12.7 Å². The minimum absolute atomic E-state index is 0.0339. The fourth-order valence-electron chi connectivity index (χ4n) is 2.83. The summed E-state index contributed by atoms with van der Waals surface area (Å²) in [4.78, 5) is 2.51. The van der Waals surface area contributed by atoms with E-state index < -0.39 is 0 Å². The van der Waals surface area contributed by atoms with Gasteiger partial charge in [0.2, 0.25) is 0 Å². The zero-order valence-corrected chi connectivity index (χ0v) is 10.8. The monoisotopic (exact) mass is 243 g/mol. The van der Waals surface area contributed by atoms with Gasteiger partial charge in [0.15, 0.2) is 6.29 Å². The van der Waals surface area contributed by atoms with Crippen LogP contribution in [0.2, 0.25) is 0 Å². The normalized spacial score (nSPS) is 35.3. The van der Waals surface area contributed by atoms with Gasteiger partial charge in [-0.3, -0.25) is 0 Å². The molecule has 0 bridgehead atoms. The molecule has 2 aliphatic heterocycles. The maximum atomic E-state index is 8.86. The molecule has 2 heterocycles. The molecule has 4 nitrogen and oxygen atoms in total. The minimum atomic E-state index is -0.0339. The molecule has 0 spiro atoms. The molecule has 3 unspecified atom stereocenters. The van der Waals surface area contributed by atoms with Gasteiger partial charge in [-0.25, -0.2) is 0 Å². The molecular weight excluding hydrogens is 218 g/mol. The molecule has 2 rings (SSSR count). The molecule has 2 aliphatic rings. The molecule has 1 N–H and O–H groups in total. The van der Waals surface area contributed by atoms with Gasteiger partial charge in [0.25, 0.3) is 0 Å². The average Bonchev–Trinajstić information content (AvgIpc) is 2.77. The fourth-order valence-corrected chi connectivity index (χ4v) is 2.83. The van der Waals surface area contributed by atoms with Gasteiger partial charge in [-0.2, -0.15) is 0 Å². The molecule has 17 heavy (non-hydrogen) atoms. The zero-order chi connectivity index (χ0) is 12.1. The van der Waals surface area contributed by atoms with Crippen molar-refractivity contribution in [1.29, 1.82) is 0 Å². The molecule has 2 saturated heterocycles. The van der Waals surface area contributed by atoms with Crippen LogP contribution in [0.15, 0.2) is 0 Å². The Morgan fingerprint density at radius 2 is 2.29 bits per heavy atom. The average molecular weight is 243 g/mol. The molecular formula is C13H25NO3. The van der Waals surface area contributed by atoms with E-state index in [1.807, 2.05) is 0 Å². The van der Waals surface area contributed by atoms with Crippen LogP contribution < -0.4 is 0 Å². The maximum Gasteiger partial charge on any atom is 0.158 e. The lowest BCUT2D eigenvalue weighted by atomic mass is 9.94. The largest absolute Gasteiger partial charge is 0.396 e. The number of piperidine rings is 1. The van der Waals surface area contributed by atoms with E-state index in [9.17, 15) is 0 Å². The van der Waals surface area contributed by atoms with E-state index in [0.29, 0.717) is 18.9 Å². The van der Waals surface area contributed by atoms with Crippen LogP contribution in [0.1, 0.15) is 32.6 Å². The van der Waals surface area contributed by atoms with Gasteiger partial charge in [-0.15, -0.1) is 0 Å². The second-order valence-corrected chi connectivity index (χ2v) is 5.17. The van der Waals surface area contributed by atoms with Crippen LogP contribution in [0, 0.1) is 5.92 Å². The highest BCUT2D eigenvalue weighted by molar-refractivity contribution is 4.75. The summed E-state index contributed by atoms with van der Waals surface area (Å²) in [5.41, 5.74) is 0. The third kappa shape index (κ3) is 3.91. The first-order valence-corrected chi connectivity index (χ1v) is 6.92. The molecule has 0 aromatic carbocycles. The maximum absolute atomic E-state index is 8.86. The Morgan fingerprint density at radius 3 is 3.06 bits per heavy atom. The van der Waals surface area contributed by atoms with Gasteiger partial charge in [-0.05, 0) is 38.3 Å². The Labute approximate surface area is 104 Å². The second kappa shape index (κ2) is 6.69. The second-order valence-electron chi connectivity index (χ2n) is 5.17. The van der Waals surface area contributed by atoms with E-state index in [0.717, 1.165) is 13.0 Å². The van der Waals surface area contributed by atoms with Crippen LogP contribution in [0.3, 0.4) is 0 Å². The van der Waals surface area contributed by atoms with E-state index in [-0.39, 0.29) is 19.0 Å². The fraction of sp³-hybridized carbons (Fsp3) is 1.00. The topological polar surface area (TPSA) is 41.9 Å². The number of rotatable bonds is 5. The van der Waals surface area contributed by atoms with Crippen molar-refractivity contribution < 1.29 is 14.6 Å². The summed E-state index contributed by atoms with van der Waals surface area (Å²) in [6.07, 6.45) is 4.38. The molecule has 0 amide bonds. The van der Waals surface area contributed by atoms with Gasteiger partial charge in [0.1, 0.15) is 0 Å². The Bertz CT molecular complexity index is 225. The van der Waals surface area contributed by atoms with Gasteiger partial charge < -0.3 is 19.5 Å². The molecule has 100 valence electrons. The molecule has 0 radical (unpaired) electrons. The molecule has 0 aliphatic carbocycles. The molecule has 3 atom stereocenters. The quantitative estimate of drug-likeness (QED) is 0.788. The number of ether oxygens (including phenoxy) is 2. The minimum Gasteiger partial charge on any atom is -0.396 e. The first-order chi connectivity index (χ1) is 8.31. The Kier molecular flexibility index (Phi) is 5.22. The standard InChI is InChI=1S/C13H25NO3/c1-2-14-6-3-4-11(9-14)8-13-16-10-12(17-13)5-7-15/h11-13,15H,2-10H2,1H3. The van der Waals surface area contributed by atoms with Crippen LogP contribution in [0.4, 0.5) is 0 Å². The highest BCUT2D eigenvalue weighted by atomic mass is 16.7. The Hall–Kier alpha value is -0.160. The molecule has 0 aromatic heterocycles. The number of hydrogen-bond donors (Lipinski definition) is 1. The summed E-state index contributed by atoms with van der Waals surface area (Å²) in [7, 11) is 0. The summed E-state index contributed by atoms with van der Waals surface area (Å²) in [5, 5.41) is 8.86. The number of likely N-dealkylation sites (tertiary alicyclic amines) is 1. The third-order valence-corrected chi connectivity index (χ3v) is 3.84. The summed E-state index contributed by atoms with van der Waals surface area (Å²) >= 11 is 0. The summed E-state index contributed by atoms with van der Waals surface area (Å²) in [6.45, 7) is 6.64. The summed E-state index contributed by atoms with van der Waals surface area (Å²) in [5.74, 6) is 0.710. The van der Waals surface area contributed by atoms with Crippen LogP contribution in [0.5, 0.6) is 0 Å². The molecule has 2 fully saturated rings. The lowest BCUT2D eigenvalue weighted by Crippen LogP contribution is -2.36. The number of hydrogen-bond acceptors (Lipinski definition) is 4. The Balaban J connectivity index is 1.70. The predicted molar refractivity (Wildman–Crippen MR) is 65.8 cm³/mol. The van der Waals surface area contributed by atoms with E-state index in [2.05, 4.69) is 11.8 Å². The van der Waals surface area contributed by atoms with Gasteiger partial charge in [0, 0.05) is 19.6 Å². The highest BCUT2D eigenvalue weighted by Gasteiger charge is 2.29. The van der Waals surface area contributed by atoms with Crippen LogP contribution in [-0.2, 0) is 9.47 Å². The van der Waals surface area contributed by atoms with Crippen molar-refractivity contribution in [1.82, 2.24) is 4.90 Å². The Morgan fingerprint density at radius 1 is 1.41 bits per heavy atom. The lowest BCUT2D eigenvalue weighted by molar-refractivity contribution is -0.0783. The smallest absolute Gasteiger partial charge is 0.158 e. The highest BCUT2D eigenvalue weighted by Crippen LogP contribution is 2.26. The van der Waals surface area contributed by atoms with Crippen molar-refractivity contribution in [2.24, 2.45) is 5.92 Å². The summed E-state index contributed by atoms with van der Waals surface area (Å²) in [6, 6.07) is 0. The van der Waals surface area contributed by atoms with Crippen molar-refractivity contribution in [3.63, 3.8) is 0 Å². The predicted octanol–water partition coefficient (Wildman–Crippen LogP) is 1.23. The van der Waals surface area contributed by atoms with Gasteiger partial charge in [-0.1, -0.05) is 6.92 Å². The molecule has 0 aromatic rings. The van der Waals surface area contributed by atoms with Crippen molar-refractivity contribution in [3.8, 4) is 0 Å². The van der Waals surface area contributed by atoms with Crippen LogP contribution in [0.25, 0.3) is 0 Å². The third-order valence-electron chi connectivity index (χ3n) is 3.84. The van der Waals surface area contributed by atoms with E-state index in [4.69, 9.17) is 14.6 Å². The molecule has 4 heteroatoms. The van der Waals surface area contributed by atoms with Gasteiger partial charge >= 0.3 is 0 Å². The first-order valence-electron chi connectivity index (χ1n) is 6.92. The SMILES string of the molecule is CCN1CCCC(CC2OCC(CCO)O2)C1. The van der Waals surface area contributed by atoms with Crippen molar-refractivity contribution in [2.45, 2.75) is 45.0 Å². The van der Waals surface area contributed by atoms with E-state index >= 15 is 0 Å². The van der Waals surface area contributed by atoms with E-state index in [1.54, 1.807) is 0 Å². The summed E-state index contributed by atoms with van der Waals surface area (Å²) < 4.78 is 11.4. The van der Waals surface area contributed by atoms with Crippen molar-refractivity contribution in [3.05, 3.63) is 0 Å². The first kappa shape index (κ1) is 13.3. The number of aliphatic hydroxyl groups excluding tert-OH is 1. The molecule has 0 saturated carbocycles. The van der Waals surface area contributed by atoms with Crippen LogP contribution in [-0.4, -0.2) is 55.2 Å². The number of aliphatic hydroxyl groups is 1.